The van der Waals surface area contributed by atoms with Crippen molar-refractivity contribution in [1.82, 2.24) is 9.78 Å². The highest BCUT2D eigenvalue weighted by Gasteiger charge is 2.09. The number of hydrogen-bond donors (Lipinski definition) is 0. The molecule has 0 saturated heterocycles. The average Bonchev–Trinajstić information content (AvgIpc) is 2.74. The molecular weight excluding hydrogens is 248 g/mol. The molecule has 2 rings (SSSR count). The highest BCUT2D eigenvalue weighted by atomic mass is 35.5. The van der Waals surface area contributed by atoms with Crippen LogP contribution in [0.15, 0.2) is 30.6 Å². The number of aryl methyl sites for hydroxylation is 1. The molecule has 1 heterocycles. The lowest BCUT2D eigenvalue weighted by molar-refractivity contribution is 0.766. The van der Waals surface area contributed by atoms with Crippen molar-refractivity contribution in [3.05, 3.63) is 46.7 Å². The van der Waals surface area contributed by atoms with E-state index in [0.717, 1.165) is 11.3 Å². The number of hydrogen-bond acceptors (Lipinski definition) is 3. The standard InChI is InChI=1S/C13H13ClN4/c1-17(8-10-7-16-18(2)9-10)13-4-3-12(14)5-11(13)6-15/h3-5,7,9H,8H2,1-2H3. The maximum Gasteiger partial charge on any atom is 0.101 e. The second kappa shape index (κ2) is 5.11. The smallest absolute Gasteiger partial charge is 0.101 e. The van der Waals surface area contributed by atoms with Crippen LogP contribution in [0.2, 0.25) is 5.02 Å². The van der Waals surface area contributed by atoms with E-state index in [1.807, 2.05) is 37.5 Å². The first-order valence-electron chi connectivity index (χ1n) is 5.48. The molecule has 0 atom stereocenters. The van der Waals surface area contributed by atoms with Crippen molar-refractivity contribution in [2.75, 3.05) is 11.9 Å². The van der Waals surface area contributed by atoms with Gasteiger partial charge in [0.2, 0.25) is 0 Å². The van der Waals surface area contributed by atoms with Crippen LogP contribution in [-0.4, -0.2) is 16.8 Å². The van der Waals surface area contributed by atoms with Crippen LogP contribution < -0.4 is 4.90 Å². The van der Waals surface area contributed by atoms with Gasteiger partial charge in [0, 0.05) is 37.4 Å². The van der Waals surface area contributed by atoms with Gasteiger partial charge >= 0.3 is 0 Å². The number of nitrogens with zero attached hydrogens (tertiary/aromatic N) is 4. The quantitative estimate of drug-likeness (QED) is 0.852. The third kappa shape index (κ3) is 2.63. The minimum atomic E-state index is 0.574. The second-order valence-electron chi connectivity index (χ2n) is 4.15. The van der Waals surface area contributed by atoms with Gasteiger partial charge in [-0.25, -0.2) is 0 Å². The van der Waals surface area contributed by atoms with E-state index in [9.17, 15) is 0 Å². The van der Waals surface area contributed by atoms with E-state index >= 15 is 0 Å². The van der Waals surface area contributed by atoms with E-state index in [0.29, 0.717) is 17.1 Å². The summed E-state index contributed by atoms with van der Waals surface area (Å²) < 4.78 is 1.76. The Balaban J connectivity index is 2.24. The number of nitriles is 1. The molecular formula is C13H13ClN4. The number of rotatable bonds is 3. The number of halogens is 1. The van der Waals surface area contributed by atoms with Crippen molar-refractivity contribution in [2.45, 2.75) is 6.54 Å². The van der Waals surface area contributed by atoms with E-state index in [1.54, 1.807) is 16.8 Å². The molecule has 18 heavy (non-hydrogen) atoms. The lowest BCUT2D eigenvalue weighted by atomic mass is 10.1. The van der Waals surface area contributed by atoms with E-state index in [-0.39, 0.29) is 0 Å². The fourth-order valence-electron chi connectivity index (χ4n) is 1.84. The maximum atomic E-state index is 9.11. The van der Waals surface area contributed by atoms with Gasteiger partial charge in [0.25, 0.3) is 0 Å². The highest BCUT2D eigenvalue weighted by molar-refractivity contribution is 6.30. The molecule has 92 valence electrons. The van der Waals surface area contributed by atoms with Crippen LogP contribution in [0.4, 0.5) is 5.69 Å². The second-order valence-corrected chi connectivity index (χ2v) is 4.59. The van der Waals surface area contributed by atoms with Gasteiger partial charge in [0.15, 0.2) is 0 Å². The van der Waals surface area contributed by atoms with Crippen molar-refractivity contribution in [2.24, 2.45) is 7.05 Å². The fourth-order valence-corrected chi connectivity index (χ4v) is 2.02. The summed E-state index contributed by atoms with van der Waals surface area (Å²) in [5.74, 6) is 0. The van der Waals surface area contributed by atoms with Crippen molar-refractivity contribution in [3.63, 3.8) is 0 Å². The van der Waals surface area contributed by atoms with Gasteiger partial charge in [0.1, 0.15) is 6.07 Å². The number of anilines is 1. The summed E-state index contributed by atoms with van der Waals surface area (Å²) in [7, 11) is 3.82. The number of benzene rings is 1. The molecule has 0 saturated carbocycles. The third-order valence-electron chi connectivity index (χ3n) is 2.67. The van der Waals surface area contributed by atoms with Crippen molar-refractivity contribution in [3.8, 4) is 6.07 Å². The molecule has 0 aliphatic rings. The van der Waals surface area contributed by atoms with Gasteiger partial charge in [-0.2, -0.15) is 10.4 Å². The molecule has 0 spiro atoms. The van der Waals surface area contributed by atoms with Crippen LogP contribution in [-0.2, 0) is 13.6 Å². The van der Waals surface area contributed by atoms with Crippen LogP contribution in [0.3, 0.4) is 0 Å². The van der Waals surface area contributed by atoms with Gasteiger partial charge in [-0.15, -0.1) is 0 Å². The van der Waals surface area contributed by atoms with Gasteiger partial charge in [-0.05, 0) is 18.2 Å². The molecule has 0 unspecified atom stereocenters. The summed E-state index contributed by atoms with van der Waals surface area (Å²) in [6, 6.07) is 7.49. The fraction of sp³-hybridized carbons (Fsp3) is 0.231. The molecule has 0 amide bonds. The van der Waals surface area contributed by atoms with Crippen LogP contribution in [0, 0.1) is 11.3 Å². The molecule has 0 aliphatic heterocycles. The Labute approximate surface area is 111 Å². The number of aromatic nitrogens is 2. The van der Waals surface area contributed by atoms with Crippen molar-refractivity contribution in [1.29, 1.82) is 5.26 Å². The van der Waals surface area contributed by atoms with Crippen molar-refractivity contribution >= 4 is 17.3 Å². The third-order valence-corrected chi connectivity index (χ3v) is 2.90. The summed E-state index contributed by atoms with van der Waals surface area (Å²) >= 11 is 5.88. The first-order chi connectivity index (χ1) is 8.60. The van der Waals surface area contributed by atoms with E-state index < -0.39 is 0 Å². The first kappa shape index (κ1) is 12.5. The molecule has 4 nitrogen and oxygen atoms in total. The largest absolute Gasteiger partial charge is 0.369 e. The summed E-state index contributed by atoms with van der Waals surface area (Å²) in [6.45, 7) is 0.699. The van der Waals surface area contributed by atoms with E-state index in [1.165, 1.54) is 0 Å². The monoisotopic (exact) mass is 260 g/mol. The molecule has 0 N–H and O–H groups in total. The zero-order chi connectivity index (χ0) is 13.1. The minimum Gasteiger partial charge on any atom is -0.369 e. The Morgan fingerprint density at radius 1 is 1.50 bits per heavy atom. The summed E-state index contributed by atoms with van der Waals surface area (Å²) in [5, 5.41) is 13.8. The molecule has 1 aromatic heterocycles. The lowest BCUT2D eigenvalue weighted by Crippen LogP contribution is -2.17. The molecule has 0 fully saturated rings. The van der Waals surface area contributed by atoms with Gasteiger partial charge in [-0.1, -0.05) is 11.6 Å². The molecule has 0 aliphatic carbocycles. The van der Waals surface area contributed by atoms with Crippen molar-refractivity contribution < 1.29 is 0 Å². The molecule has 0 radical (unpaired) electrons. The maximum absolute atomic E-state index is 9.11. The SMILES string of the molecule is CN(Cc1cnn(C)c1)c1ccc(Cl)cc1C#N. The van der Waals surface area contributed by atoms with Gasteiger partial charge < -0.3 is 4.90 Å². The van der Waals surface area contributed by atoms with Crippen LogP contribution in [0.1, 0.15) is 11.1 Å². The average molecular weight is 261 g/mol. The van der Waals surface area contributed by atoms with Gasteiger partial charge in [0.05, 0.1) is 17.4 Å². The Morgan fingerprint density at radius 3 is 2.89 bits per heavy atom. The predicted octanol–water partition coefficient (Wildman–Crippen LogP) is 2.58. The summed E-state index contributed by atoms with van der Waals surface area (Å²) in [5.41, 5.74) is 2.54. The Morgan fingerprint density at radius 2 is 2.28 bits per heavy atom. The van der Waals surface area contributed by atoms with E-state index in [2.05, 4.69) is 11.2 Å². The summed E-state index contributed by atoms with van der Waals surface area (Å²) in [4.78, 5) is 2.01. The summed E-state index contributed by atoms with van der Waals surface area (Å²) in [6.07, 6.45) is 3.77. The topological polar surface area (TPSA) is 44.9 Å². The minimum absolute atomic E-state index is 0.574. The van der Waals surface area contributed by atoms with E-state index in [4.69, 9.17) is 16.9 Å². The Kier molecular flexibility index (Phi) is 3.54. The zero-order valence-corrected chi connectivity index (χ0v) is 11.0. The van der Waals surface area contributed by atoms with Gasteiger partial charge in [-0.3, -0.25) is 4.68 Å². The Bertz CT molecular complexity index is 597. The molecule has 5 heteroatoms. The first-order valence-corrected chi connectivity index (χ1v) is 5.86. The van der Waals surface area contributed by atoms with Crippen LogP contribution >= 0.6 is 11.6 Å². The van der Waals surface area contributed by atoms with Crippen LogP contribution in [0.5, 0.6) is 0 Å². The van der Waals surface area contributed by atoms with Crippen LogP contribution in [0.25, 0.3) is 0 Å². The molecule has 0 bridgehead atoms. The zero-order valence-electron chi connectivity index (χ0n) is 10.3. The lowest BCUT2D eigenvalue weighted by Gasteiger charge is -2.19. The highest BCUT2D eigenvalue weighted by Crippen LogP contribution is 2.23. The Hall–Kier alpha value is -1.99. The molecule has 1 aromatic carbocycles. The molecule has 2 aromatic rings. The predicted molar refractivity (Wildman–Crippen MR) is 71.5 cm³/mol. The normalized spacial score (nSPS) is 10.1.